The molecule has 0 radical (unpaired) electrons. The fourth-order valence-electron chi connectivity index (χ4n) is 4.50. The summed E-state index contributed by atoms with van der Waals surface area (Å²) >= 11 is 0. The minimum absolute atomic E-state index is 0.000982. The predicted molar refractivity (Wildman–Crippen MR) is 170 cm³/mol. The second-order valence-corrected chi connectivity index (χ2v) is 10.8. The number of ketones is 3. The van der Waals surface area contributed by atoms with Gasteiger partial charge in [0, 0.05) is 69.2 Å². The Morgan fingerprint density at radius 3 is 2.23 bits per heavy atom. The smallest absolute Gasteiger partial charge is 0.248 e. The minimum atomic E-state index is 0.000982. The van der Waals surface area contributed by atoms with E-state index < -0.39 is 0 Å². The molecule has 9 heteroatoms. The molecule has 1 heterocycles. The molecular formula is C34H53N3O6. The maximum atomic E-state index is 12.3. The number of hydrogen-bond acceptors (Lipinski definition) is 8. The molecule has 1 aliphatic rings. The molecule has 2 rings (SSSR count). The van der Waals surface area contributed by atoms with E-state index >= 15 is 0 Å². The van der Waals surface area contributed by atoms with E-state index in [0.29, 0.717) is 58.7 Å². The monoisotopic (exact) mass is 599 g/mol. The predicted octanol–water partition coefficient (Wildman–Crippen LogP) is 4.04. The van der Waals surface area contributed by atoms with Gasteiger partial charge in [-0.15, -0.1) is 0 Å². The molecule has 0 aromatic heterocycles. The summed E-state index contributed by atoms with van der Waals surface area (Å²) in [5, 5.41) is 0. The average Bonchev–Trinajstić information content (AvgIpc) is 3.01. The number of rotatable bonds is 17. The summed E-state index contributed by atoms with van der Waals surface area (Å²) in [5.41, 5.74) is 8.27. The van der Waals surface area contributed by atoms with Gasteiger partial charge >= 0.3 is 0 Å². The van der Waals surface area contributed by atoms with Crippen molar-refractivity contribution in [2.45, 2.75) is 79.6 Å². The van der Waals surface area contributed by atoms with Crippen LogP contribution in [-0.4, -0.2) is 92.3 Å². The van der Waals surface area contributed by atoms with Crippen LogP contribution in [-0.2, 0) is 30.3 Å². The Kier molecular flexibility index (Phi) is 20.0. The molecule has 1 aromatic rings. The molecule has 1 fully saturated rings. The molecule has 0 aliphatic carbocycles. The van der Waals surface area contributed by atoms with Crippen molar-refractivity contribution in [1.29, 1.82) is 0 Å². The summed E-state index contributed by atoms with van der Waals surface area (Å²) in [6, 6.07) is 5.71. The molecule has 1 aromatic carbocycles. The number of ether oxygens (including phenoxy) is 2. The van der Waals surface area contributed by atoms with E-state index in [1.54, 1.807) is 6.92 Å². The number of piperazine rings is 1. The highest BCUT2D eigenvalue weighted by atomic mass is 16.5. The number of carbonyl (C=O) groups excluding carboxylic acids is 4. The van der Waals surface area contributed by atoms with E-state index in [0.717, 1.165) is 49.0 Å². The molecule has 0 spiro atoms. The first-order valence-corrected chi connectivity index (χ1v) is 15.7. The highest BCUT2D eigenvalue weighted by Crippen LogP contribution is 2.17. The molecule has 1 saturated heterocycles. The van der Waals surface area contributed by atoms with E-state index in [2.05, 4.69) is 16.7 Å². The van der Waals surface area contributed by atoms with Gasteiger partial charge in [-0.2, -0.15) is 0 Å². The third-order valence-electron chi connectivity index (χ3n) is 7.36. The Morgan fingerprint density at radius 2 is 1.63 bits per heavy atom. The highest BCUT2D eigenvalue weighted by Gasteiger charge is 2.20. The second-order valence-electron chi connectivity index (χ2n) is 10.8. The van der Waals surface area contributed by atoms with Gasteiger partial charge in [-0.05, 0) is 44.2 Å². The summed E-state index contributed by atoms with van der Waals surface area (Å²) in [6.07, 6.45) is 5.00. The number of amides is 1. The third-order valence-corrected chi connectivity index (χ3v) is 7.36. The van der Waals surface area contributed by atoms with E-state index in [4.69, 9.17) is 15.2 Å². The lowest BCUT2D eigenvalue weighted by Crippen LogP contribution is -2.51. The Labute approximate surface area is 258 Å². The molecule has 9 nitrogen and oxygen atoms in total. The van der Waals surface area contributed by atoms with Gasteiger partial charge in [0.2, 0.25) is 5.91 Å². The molecule has 43 heavy (non-hydrogen) atoms. The van der Waals surface area contributed by atoms with Gasteiger partial charge in [0.25, 0.3) is 0 Å². The lowest BCUT2D eigenvalue weighted by atomic mass is 9.94. The average molecular weight is 600 g/mol. The first-order valence-electron chi connectivity index (χ1n) is 15.7. The molecule has 240 valence electrons. The van der Waals surface area contributed by atoms with Crippen molar-refractivity contribution in [1.82, 2.24) is 9.80 Å². The van der Waals surface area contributed by atoms with Crippen LogP contribution >= 0.6 is 0 Å². The largest absolute Gasteiger partial charge is 0.369 e. The van der Waals surface area contributed by atoms with Crippen LogP contribution in [0.15, 0.2) is 18.2 Å². The summed E-state index contributed by atoms with van der Waals surface area (Å²) in [5.74, 6) is 6.81. The van der Waals surface area contributed by atoms with Crippen LogP contribution < -0.4 is 5.73 Å². The van der Waals surface area contributed by atoms with E-state index in [-0.39, 0.29) is 42.4 Å². The Bertz CT molecular complexity index is 1070. The standard InChI is InChI=1S/C24H35N3O4.C10H18O2/c1-3-7-23(28)22-10-5-8-20(21(22)4-2)9-6-15-30-16-17-31-18-24(29)27-13-11-26(19-25)12-14-27;1-4-5-10(12)7-6-8(2)9(3)11/h5,8,10H,3-4,7,11-19,25H2,1-2H3;8H,4-7H2,1-3H3. The number of carbonyl (C=O) groups is 4. The minimum Gasteiger partial charge on any atom is -0.369 e. The highest BCUT2D eigenvalue weighted by molar-refractivity contribution is 5.98. The first kappa shape index (κ1) is 38.1. The fourth-order valence-corrected chi connectivity index (χ4v) is 4.50. The number of nitrogens with zero attached hydrogens (tertiary/aromatic N) is 2. The number of benzene rings is 1. The second kappa shape index (κ2) is 22.6. The van der Waals surface area contributed by atoms with Gasteiger partial charge in [0.1, 0.15) is 24.8 Å². The quantitative estimate of drug-likeness (QED) is 0.162. The lowest BCUT2D eigenvalue weighted by molar-refractivity contribution is -0.138. The lowest BCUT2D eigenvalue weighted by Gasteiger charge is -2.33. The van der Waals surface area contributed by atoms with Crippen LogP contribution in [0.4, 0.5) is 0 Å². The summed E-state index contributed by atoms with van der Waals surface area (Å²) in [4.78, 5) is 50.2. The normalized spacial score (nSPS) is 13.8. The number of hydrogen-bond donors (Lipinski definition) is 1. The van der Waals surface area contributed by atoms with Crippen molar-refractivity contribution < 1.29 is 28.7 Å². The zero-order chi connectivity index (χ0) is 32.0. The van der Waals surface area contributed by atoms with Crippen LogP contribution in [0.5, 0.6) is 0 Å². The summed E-state index contributed by atoms with van der Waals surface area (Å²) in [7, 11) is 0. The van der Waals surface area contributed by atoms with Crippen LogP contribution in [0.2, 0.25) is 0 Å². The first-order chi connectivity index (χ1) is 20.7. The Balaban J connectivity index is 0.000000650. The van der Waals surface area contributed by atoms with Gasteiger partial charge in [-0.25, -0.2) is 0 Å². The molecule has 2 N–H and O–H groups in total. The van der Waals surface area contributed by atoms with Crippen LogP contribution in [0.3, 0.4) is 0 Å². The van der Waals surface area contributed by atoms with Gasteiger partial charge in [0.05, 0.1) is 13.2 Å². The van der Waals surface area contributed by atoms with E-state index in [1.165, 1.54) is 0 Å². The molecule has 0 saturated carbocycles. The third kappa shape index (κ3) is 15.4. The van der Waals surface area contributed by atoms with Gasteiger partial charge < -0.3 is 20.1 Å². The SMILES string of the molecule is CCCC(=O)CCC(C)C(C)=O.CCCC(=O)c1cccc(C#CCOCCOCC(=O)N2CCN(CN)CC2)c1CC. The van der Waals surface area contributed by atoms with Crippen molar-refractivity contribution in [3.63, 3.8) is 0 Å². The molecule has 1 amide bonds. The number of Topliss-reactive ketones (excluding diaryl/α,β-unsaturated/α-hetero) is 3. The van der Waals surface area contributed by atoms with Crippen LogP contribution in [0.25, 0.3) is 0 Å². The van der Waals surface area contributed by atoms with Crippen molar-refractivity contribution in [2.24, 2.45) is 11.7 Å². The molecule has 1 atom stereocenters. The topological polar surface area (TPSA) is 119 Å². The Hall–Kier alpha value is -2.90. The van der Waals surface area contributed by atoms with Crippen LogP contribution in [0.1, 0.15) is 94.6 Å². The van der Waals surface area contributed by atoms with Crippen LogP contribution in [0, 0.1) is 17.8 Å². The van der Waals surface area contributed by atoms with Gasteiger partial charge in [0.15, 0.2) is 5.78 Å². The molecule has 0 bridgehead atoms. The zero-order valence-electron chi connectivity index (χ0n) is 27.0. The summed E-state index contributed by atoms with van der Waals surface area (Å²) < 4.78 is 10.9. The Morgan fingerprint density at radius 1 is 0.953 bits per heavy atom. The van der Waals surface area contributed by atoms with E-state index in [1.807, 2.05) is 50.8 Å². The van der Waals surface area contributed by atoms with Crippen molar-refractivity contribution in [2.75, 3.05) is 59.3 Å². The van der Waals surface area contributed by atoms with Crippen molar-refractivity contribution >= 4 is 23.3 Å². The molecule has 1 aliphatic heterocycles. The fraction of sp³-hybridized carbons (Fsp3) is 0.647. The molecule has 1 unspecified atom stereocenters. The van der Waals surface area contributed by atoms with Crippen molar-refractivity contribution in [3.8, 4) is 11.8 Å². The van der Waals surface area contributed by atoms with Gasteiger partial charge in [-0.1, -0.05) is 51.7 Å². The summed E-state index contributed by atoms with van der Waals surface area (Å²) in [6.45, 7) is 14.1. The molecular weight excluding hydrogens is 546 g/mol. The number of nitrogens with two attached hydrogens (primary N) is 1. The maximum Gasteiger partial charge on any atom is 0.248 e. The van der Waals surface area contributed by atoms with Gasteiger partial charge in [-0.3, -0.25) is 24.1 Å². The zero-order valence-corrected chi connectivity index (χ0v) is 27.0. The maximum absolute atomic E-state index is 12.3. The van der Waals surface area contributed by atoms with Crippen molar-refractivity contribution in [3.05, 3.63) is 34.9 Å². The van der Waals surface area contributed by atoms with E-state index in [9.17, 15) is 19.2 Å².